The fourth-order valence-electron chi connectivity index (χ4n) is 1.31. The van der Waals surface area contributed by atoms with Gasteiger partial charge in [-0.05, 0) is 39.8 Å². The Morgan fingerprint density at radius 1 is 1.06 bits per heavy atom. The molecule has 0 aliphatic heterocycles. The fourth-order valence-corrected chi connectivity index (χ4v) is 5.09. The second kappa shape index (κ2) is 7.03. The monoisotopic (exact) mass is 309 g/mol. The molecular formula is C12H20ClO3P2+. The van der Waals surface area contributed by atoms with Gasteiger partial charge in [0.2, 0.25) is 0 Å². The first-order valence-electron chi connectivity index (χ1n) is 5.81. The first kappa shape index (κ1) is 16.1. The number of benzene rings is 1. The van der Waals surface area contributed by atoms with Crippen LogP contribution in [0.1, 0.15) is 27.7 Å². The summed E-state index contributed by atoms with van der Waals surface area (Å²) in [6.07, 6.45) is 0.0224. The van der Waals surface area contributed by atoms with Crippen molar-refractivity contribution in [2.75, 3.05) is 0 Å². The Morgan fingerprint density at radius 3 is 2.00 bits per heavy atom. The highest BCUT2D eigenvalue weighted by molar-refractivity contribution is 8.16. The Bertz CT molecular complexity index is 375. The molecule has 0 N–H and O–H groups in total. The molecule has 0 radical (unpaired) electrons. The summed E-state index contributed by atoms with van der Waals surface area (Å²) in [6, 6.07) is 7.29. The lowest BCUT2D eigenvalue weighted by Gasteiger charge is -2.22. The average molecular weight is 310 g/mol. The third-order valence-electron chi connectivity index (χ3n) is 1.78. The minimum atomic E-state index is -2.50. The number of hydrogen-bond donors (Lipinski definition) is 0. The number of hydrogen-bond acceptors (Lipinski definition) is 3. The van der Waals surface area contributed by atoms with Crippen LogP contribution in [-0.2, 0) is 9.05 Å². The predicted octanol–water partition coefficient (Wildman–Crippen LogP) is 5.12. The lowest BCUT2D eigenvalue weighted by atomic mass is 10.3. The highest BCUT2D eigenvalue weighted by atomic mass is 35.5. The van der Waals surface area contributed by atoms with Crippen LogP contribution in [0.4, 0.5) is 0 Å². The summed E-state index contributed by atoms with van der Waals surface area (Å²) in [5.41, 5.74) is 0. The standard InChI is InChI=1S/C12H20ClO3P2/c1-9(2)14-18(17,15-10(3)4)16-12-8-6-5-7-11(12)13/h5-10H,17H2,1-4H3/q+1. The van der Waals surface area contributed by atoms with Gasteiger partial charge in [0, 0.05) is 0 Å². The second-order valence-corrected chi connectivity index (χ2v) is 8.36. The molecule has 1 unspecified atom stereocenters. The molecule has 102 valence electrons. The highest BCUT2D eigenvalue weighted by Crippen LogP contribution is 2.70. The molecule has 0 saturated carbocycles. The molecule has 3 nitrogen and oxygen atoms in total. The Balaban J connectivity index is 2.87. The molecule has 1 aromatic rings. The van der Waals surface area contributed by atoms with Gasteiger partial charge in [-0.15, -0.1) is 0 Å². The zero-order valence-electron chi connectivity index (χ0n) is 11.1. The largest absolute Gasteiger partial charge is 0.466 e. The maximum absolute atomic E-state index is 6.08. The Kier molecular flexibility index (Phi) is 6.30. The summed E-state index contributed by atoms with van der Waals surface area (Å²) in [4.78, 5) is 0. The van der Waals surface area contributed by atoms with Crippen LogP contribution >= 0.6 is 28.2 Å². The Hall–Kier alpha value is 0.0900. The van der Waals surface area contributed by atoms with E-state index in [2.05, 4.69) is 8.93 Å². The van der Waals surface area contributed by atoms with Gasteiger partial charge >= 0.3 is 7.63 Å². The molecule has 6 heteroatoms. The third kappa shape index (κ3) is 5.38. The molecule has 0 amide bonds. The van der Waals surface area contributed by atoms with E-state index in [4.69, 9.17) is 25.2 Å². The summed E-state index contributed by atoms with van der Waals surface area (Å²) in [5.74, 6) is 0.573. The molecule has 0 bridgehead atoms. The lowest BCUT2D eigenvalue weighted by molar-refractivity contribution is 0.137. The molecule has 0 heterocycles. The Morgan fingerprint density at radius 2 is 1.56 bits per heavy atom. The minimum absolute atomic E-state index is 0.0112. The van der Waals surface area contributed by atoms with Crippen LogP contribution in [0.5, 0.6) is 5.75 Å². The van der Waals surface area contributed by atoms with Crippen LogP contribution in [0.15, 0.2) is 24.3 Å². The smallest absolute Gasteiger partial charge is 0.283 e. The summed E-state index contributed by atoms with van der Waals surface area (Å²) in [5, 5.41) is 0.545. The molecular weight excluding hydrogens is 290 g/mol. The first-order chi connectivity index (χ1) is 8.32. The molecule has 0 aliphatic rings. The molecule has 0 aromatic heterocycles. The molecule has 18 heavy (non-hydrogen) atoms. The van der Waals surface area contributed by atoms with Crippen molar-refractivity contribution in [1.29, 1.82) is 0 Å². The van der Waals surface area contributed by atoms with Gasteiger partial charge in [0.15, 0.2) is 5.75 Å². The van der Waals surface area contributed by atoms with E-state index < -0.39 is 7.63 Å². The third-order valence-corrected chi connectivity index (χ3v) is 5.02. The maximum Gasteiger partial charge on any atom is 0.466 e. The zero-order chi connectivity index (χ0) is 13.8. The van der Waals surface area contributed by atoms with Gasteiger partial charge in [0.25, 0.3) is 0 Å². The van der Waals surface area contributed by atoms with Crippen molar-refractivity contribution < 1.29 is 13.6 Å². The van der Waals surface area contributed by atoms with Crippen LogP contribution in [0, 0.1) is 0 Å². The number of para-hydroxylation sites is 1. The maximum atomic E-state index is 6.08. The van der Waals surface area contributed by atoms with Gasteiger partial charge in [-0.25, -0.2) is 0 Å². The van der Waals surface area contributed by atoms with Crippen LogP contribution in [0.3, 0.4) is 0 Å². The van der Waals surface area contributed by atoms with E-state index in [1.54, 1.807) is 12.1 Å². The second-order valence-electron chi connectivity index (χ2n) is 4.37. The summed E-state index contributed by atoms with van der Waals surface area (Å²) in [6.45, 7) is 7.77. The number of rotatable bonds is 6. The van der Waals surface area contributed by atoms with E-state index in [-0.39, 0.29) is 12.2 Å². The first-order valence-corrected chi connectivity index (χ1v) is 9.35. The summed E-state index contributed by atoms with van der Waals surface area (Å²) in [7, 11) is 0.0641. The predicted molar refractivity (Wildman–Crippen MR) is 81.2 cm³/mol. The van der Waals surface area contributed by atoms with Gasteiger partial charge in [-0.3, -0.25) is 4.52 Å². The summed E-state index contributed by atoms with van der Waals surface area (Å²) >= 11 is 6.08. The van der Waals surface area contributed by atoms with Crippen molar-refractivity contribution in [3.63, 3.8) is 0 Å². The van der Waals surface area contributed by atoms with Crippen LogP contribution in [0.25, 0.3) is 0 Å². The molecule has 0 spiro atoms. The number of halogens is 1. The molecule has 1 rings (SSSR count). The van der Waals surface area contributed by atoms with E-state index in [0.717, 1.165) is 0 Å². The van der Waals surface area contributed by atoms with Crippen molar-refractivity contribution in [1.82, 2.24) is 0 Å². The van der Waals surface area contributed by atoms with Crippen molar-refractivity contribution in [3.05, 3.63) is 29.3 Å². The molecule has 1 atom stereocenters. The van der Waals surface area contributed by atoms with Crippen molar-refractivity contribution in [2.45, 2.75) is 39.9 Å². The van der Waals surface area contributed by atoms with Crippen molar-refractivity contribution in [2.24, 2.45) is 0 Å². The lowest BCUT2D eigenvalue weighted by Crippen LogP contribution is -2.13. The van der Waals surface area contributed by atoms with E-state index >= 15 is 0 Å². The normalized spacial score (nSPS) is 12.2. The fraction of sp³-hybridized carbons (Fsp3) is 0.500. The molecule has 0 fully saturated rings. The molecule has 0 saturated heterocycles. The molecule has 0 aliphatic carbocycles. The quantitative estimate of drug-likeness (QED) is 0.682. The van der Waals surface area contributed by atoms with E-state index in [1.165, 1.54) is 0 Å². The van der Waals surface area contributed by atoms with Gasteiger partial charge in [-0.1, -0.05) is 23.7 Å². The Labute approximate surface area is 117 Å². The van der Waals surface area contributed by atoms with Gasteiger partial charge in [-0.2, -0.15) is 9.05 Å². The van der Waals surface area contributed by atoms with E-state index in [9.17, 15) is 0 Å². The van der Waals surface area contributed by atoms with E-state index in [0.29, 0.717) is 10.8 Å². The average Bonchev–Trinajstić information content (AvgIpc) is 2.18. The minimum Gasteiger partial charge on any atom is -0.283 e. The van der Waals surface area contributed by atoms with Gasteiger partial charge in [0.05, 0.1) is 5.02 Å². The zero-order valence-corrected chi connectivity index (χ0v) is 13.9. The van der Waals surface area contributed by atoms with Crippen LogP contribution in [-0.4, -0.2) is 12.2 Å². The highest BCUT2D eigenvalue weighted by Gasteiger charge is 2.43. The van der Waals surface area contributed by atoms with Crippen molar-refractivity contribution in [3.8, 4) is 5.75 Å². The van der Waals surface area contributed by atoms with Gasteiger partial charge < -0.3 is 0 Å². The molecule has 1 aromatic carbocycles. The van der Waals surface area contributed by atoms with Crippen LogP contribution in [0.2, 0.25) is 5.02 Å². The van der Waals surface area contributed by atoms with Crippen LogP contribution < -0.4 is 4.52 Å². The van der Waals surface area contributed by atoms with E-state index in [1.807, 2.05) is 39.8 Å². The van der Waals surface area contributed by atoms with Gasteiger partial charge in [0.1, 0.15) is 21.1 Å². The van der Waals surface area contributed by atoms with Crippen molar-refractivity contribution >= 4 is 28.2 Å². The topological polar surface area (TPSA) is 27.7 Å². The SMILES string of the molecule is CC(C)O[P+](P)(Oc1ccccc1Cl)OC(C)C. The summed E-state index contributed by atoms with van der Waals surface area (Å²) < 4.78 is 17.4.